The number of fused-ring (bicyclic) bond motifs is 2. The van der Waals surface area contributed by atoms with Gasteiger partial charge in [0.2, 0.25) is 33.3 Å². The zero-order valence-electron chi connectivity index (χ0n) is 31.1. The van der Waals surface area contributed by atoms with Crippen LogP contribution in [0.1, 0.15) is 85.1 Å². The maximum Gasteiger partial charge on any atom is 0.427 e. The smallest absolute Gasteiger partial charge is 0.427 e. The fourth-order valence-corrected chi connectivity index (χ4v) is 8.52. The summed E-state index contributed by atoms with van der Waals surface area (Å²) in [5, 5.41) is 4.09. The van der Waals surface area contributed by atoms with Crippen LogP contribution in [-0.2, 0) is 35.3 Å². The number of hydrogen-bond donors (Lipinski definition) is 3. The van der Waals surface area contributed by atoms with Gasteiger partial charge in [0.25, 0.3) is 5.91 Å². The Hall–Kier alpha value is -3.81. The molecule has 1 saturated heterocycles. The summed E-state index contributed by atoms with van der Waals surface area (Å²) in [4.78, 5) is 60.1. The predicted octanol–water partition coefficient (Wildman–Crippen LogP) is 5.42. The number of pyridine rings is 1. The van der Waals surface area contributed by atoms with Crippen molar-refractivity contribution in [2.45, 2.75) is 126 Å². The van der Waals surface area contributed by atoms with Crippen molar-refractivity contribution in [1.82, 2.24) is 25.2 Å². The van der Waals surface area contributed by atoms with E-state index in [0.717, 1.165) is 17.2 Å². The quantitative estimate of drug-likeness (QED) is 0.239. The van der Waals surface area contributed by atoms with Crippen molar-refractivity contribution >= 4 is 45.4 Å². The molecule has 2 saturated carbocycles. The second-order valence-corrected chi connectivity index (χ2v) is 18.6. The summed E-state index contributed by atoms with van der Waals surface area (Å²) in [6.45, 7) is 5.51. The van der Waals surface area contributed by atoms with E-state index < -0.39 is 122 Å². The maximum absolute atomic E-state index is 14.5. The van der Waals surface area contributed by atoms with Crippen LogP contribution in [0.4, 0.5) is 31.1 Å². The molecule has 56 heavy (non-hydrogen) atoms. The Morgan fingerprint density at radius 1 is 1.09 bits per heavy atom. The fraction of sp³-hybridized carbons (Fsp3) is 0.686. The molecule has 2 aliphatic heterocycles. The molecule has 0 bridgehead atoms. The molecule has 4 aliphatic rings. The number of nitrogens with one attached hydrogen (secondary N) is 3. The number of alkyl carbamates (subject to hydrolysis) is 1. The van der Waals surface area contributed by atoms with Crippen molar-refractivity contribution in [2.24, 2.45) is 17.8 Å². The first-order valence-electron chi connectivity index (χ1n) is 18.0. The Bertz CT molecular complexity index is 1870. The summed E-state index contributed by atoms with van der Waals surface area (Å²) in [5.41, 5.74) is -6.19. The fourth-order valence-electron chi connectivity index (χ4n) is 6.97. The molecule has 7 atom stereocenters. The lowest BCUT2D eigenvalue weighted by Gasteiger charge is -2.34. The zero-order valence-corrected chi connectivity index (χ0v) is 32.7. The molecule has 0 aromatic carbocycles. The average Bonchev–Trinajstić information content (AvgIpc) is 3.94. The SMILES string of the molecule is C[C@@H]1CC/C=C\[C@@H]2C[C@@]2(C(=O)NS(=O)(=O)C2(C)CC2)NC(=O)[C@@H]2C[C@@H](Oc3nccc(Cl)c3C(F)(F)F)CN2C(=O)[C@@H](NC(=O)OC(C)(C)C(F)(F)F)[C@H](C)C1. The van der Waals surface area contributed by atoms with Gasteiger partial charge in [-0.05, 0) is 77.2 Å². The van der Waals surface area contributed by atoms with Gasteiger partial charge in [0.1, 0.15) is 29.3 Å². The molecule has 0 spiro atoms. The Morgan fingerprint density at radius 3 is 2.36 bits per heavy atom. The van der Waals surface area contributed by atoms with Crippen molar-refractivity contribution in [2.75, 3.05) is 6.54 Å². The molecule has 0 radical (unpaired) electrons. The van der Waals surface area contributed by atoms with Crippen LogP contribution in [0.3, 0.4) is 0 Å². The summed E-state index contributed by atoms with van der Waals surface area (Å²) < 4.78 is 120. The first kappa shape index (κ1) is 43.3. The molecule has 1 aromatic rings. The minimum atomic E-state index is -5.03. The third-order valence-corrected chi connectivity index (χ3v) is 13.5. The number of nitrogens with zero attached hydrogens (tertiary/aromatic N) is 2. The molecular formula is C35H44ClF6N5O8S. The topological polar surface area (TPSA) is 173 Å². The van der Waals surface area contributed by atoms with Crippen molar-refractivity contribution in [1.29, 1.82) is 0 Å². The number of carbonyl (C=O) groups is 4. The molecule has 2 aliphatic carbocycles. The summed E-state index contributed by atoms with van der Waals surface area (Å²) in [7, 11) is -4.17. The van der Waals surface area contributed by atoms with E-state index in [2.05, 4.69) is 20.3 Å². The normalized spacial score (nSPS) is 30.4. The number of carbonyl (C=O) groups excluding carboxylic acids is 4. The van der Waals surface area contributed by atoms with Crippen LogP contribution in [0.15, 0.2) is 24.4 Å². The van der Waals surface area contributed by atoms with Crippen molar-refractivity contribution in [3.63, 3.8) is 0 Å². The van der Waals surface area contributed by atoms with Crippen LogP contribution in [0.2, 0.25) is 5.02 Å². The van der Waals surface area contributed by atoms with Gasteiger partial charge in [0.15, 0.2) is 0 Å². The van der Waals surface area contributed by atoms with Crippen LogP contribution < -0.4 is 20.1 Å². The predicted molar refractivity (Wildman–Crippen MR) is 187 cm³/mol. The van der Waals surface area contributed by atoms with Gasteiger partial charge < -0.3 is 25.0 Å². The van der Waals surface area contributed by atoms with Crippen molar-refractivity contribution in [3.8, 4) is 5.88 Å². The van der Waals surface area contributed by atoms with Gasteiger partial charge in [-0.2, -0.15) is 26.3 Å². The van der Waals surface area contributed by atoms with Crippen LogP contribution in [-0.4, -0.2) is 88.9 Å². The van der Waals surface area contributed by atoms with E-state index in [-0.39, 0.29) is 18.8 Å². The molecule has 21 heteroatoms. The van der Waals surface area contributed by atoms with E-state index in [9.17, 15) is 53.9 Å². The summed E-state index contributed by atoms with van der Waals surface area (Å²) >= 11 is 5.85. The minimum Gasteiger partial charge on any atom is -0.472 e. The Kier molecular flexibility index (Phi) is 11.7. The highest BCUT2D eigenvalue weighted by Crippen LogP contribution is 2.48. The van der Waals surface area contributed by atoms with Crippen LogP contribution >= 0.6 is 11.6 Å². The van der Waals surface area contributed by atoms with E-state index >= 15 is 0 Å². The minimum absolute atomic E-state index is 0.0210. The van der Waals surface area contributed by atoms with Gasteiger partial charge in [0, 0.05) is 18.5 Å². The van der Waals surface area contributed by atoms with Gasteiger partial charge in [-0.3, -0.25) is 19.1 Å². The molecular weight excluding hydrogens is 800 g/mol. The molecule has 5 rings (SSSR count). The number of amides is 4. The van der Waals surface area contributed by atoms with Crippen LogP contribution in [0.25, 0.3) is 0 Å². The van der Waals surface area contributed by atoms with Gasteiger partial charge in [-0.1, -0.05) is 37.6 Å². The van der Waals surface area contributed by atoms with Crippen molar-refractivity contribution in [3.05, 3.63) is 35.0 Å². The number of hydrogen-bond acceptors (Lipinski definition) is 9. The Balaban J connectivity index is 1.52. The third-order valence-electron chi connectivity index (χ3n) is 11.0. The third kappa shape index (κ3) is 9.00. The Morgan fingerprint density at radius 2 is 1.75 bits per heavy atom. The average molecular weight is 844 g/mol. The molecule has 3 heterocycles. The summed E-state index contributed by atoms with van der Waals surface area (Å²) in [5.74, 6) is -5.58. The lowest BCUT2D eigenvalue weighted by molar-refractivity contribution is -0.244. The maximum atomic E-state index is 14.5. The van der Waals surface area contributed by atoms with E-state index in [4.69, 9.17) is 21.1 Å². The molecule has 3 fully saturated rings. The Labute approximate surface area is 324 Å². The number of rotatable bonds is 7. The van der Waals surface area contributed by atoms with Crippen LogP contribution in [0.5, 0.6) is 5.88 Å². The van der Waals surface area contributed by atoms with Gasteiger partial charge >= 0.3 is 18.4 Å². The highest BCUT2D eigenvalue weighted by molar-refractivity contribution is 7.91. The van der Waals surface area contributed by atoms with E-state index in [0.29, 0.717) is 39.5 Å². The lowest BCUT2D eigenvalue weighted by atomic mass is 9.88. The molecule has 13 nitrogen and oxygen atoms in total. The van der Waals surface area contributed by atoms with E-state index in [1.54, 1.807) is 19.1 Å². The van der Waals surface area contributed by atoms with Crippen molar-refractivity contribution < 1.29 is 63.4 Å². The van der Waals surface area contributed by atoms with E-state index in [1.165, 1.54) is 6.92 Å². The number of sulfonamides is 1. The van der Waals surface area contributed by atoms with E-state index in [1.807, 2.05) is 6.92 Å². The van der Waals surface area contributed by atoms with Crippen LogP contribution in [0, 0.1) is 17.8 Å². The number of alkyl halides is 6. The van der Waals surface area contributed by atoms with Gasteiger partial charge in [0.05, 0.1) is 16.3 Å². The number of ether oxygens (including phenoxy) is 2. The molecule has 312 valence electrons. The molecule has 4 amide bonds. The number of aromatic nitrogens is 1. The molecule has 3 N–H and O–H groups in total. The highest BCUT2D eigenvalue weighted by Gasteiger charge is 2.63. The number of halogens is 7. The largest absolute Gasteiger partial charge is 0.472 e. The molecule has 0 unspecified atom stereocenters. The first-order valence-corrected chi connectivity index (χ1v) is 19.9. The zero-order chi connectivity index (χ0) is 41.8. The second kappa shape index (κ2) is 15.2. The lowest BCUT2D eigenvalue weighted by Crippen LogP contribution is -2.59. The summed E-state index contributed by atoms with van der Waals surface area (Å²) in [6.07, 6.45) is -7.26. The standard InChI is InChI=1S/C35H44ClF6N5O8S/c1-18-8-6-7-9-20-16-33(20,29(50)46-56(52,53)32(5)11-12-32)45-26(48)23-15-21(54-27-24(34(37,38)39)22(36)10-13-43-27)17-47(23)28(49)25(19(2)14-18)44-30(51)55-31(3,4)35(40,41)42/h7,9-10,13,18-21,23,25H,6,8,11-12,14-17H2,1-5H3,(H,44,51)(H,45,48)(H,46,50)/b9-7-/t18-,19-,20-,21-,23+,25+,33-/m1/s1. The van der Waals surface area contributed by atoms with Gasteiger partial charge in [-0.15, -0.1) is 0 Å². The monoisotopic (exact) mass is 843 g/mol. The summed E-state index contributed by atoms with van der Waals surface area (Å²) in [6, 6.07) is -2.33. The highest BCUT2D eigenvalue weighted by atomic mass is 35.5. The molecule has 1 aromatic heterocycles. The first-order chi connectivity index (χ1) is 25.7. The van der Waals surface area contributed by atoms with Gasteiger partial charge in [-0.25, -0.2) is 18.2 Å². The number of allylic oxidation sites excluding steroid dienone is 1. The second-order valence-electron chi connectivity index (χ2n) is 16.0.